The SMILES string of the molecule is Cc1nc(COc2ccc(C(=O)O[C@H](C)C(=O)Nc3cccc(F)c3)cc2)cs1. The first-order valence-corrected chi connectivity index (χ1v) is 9.70. The number of hydrogen-bond acceptors (Lipinski definition) is 6. The van der Waals surface area contributed by atoms with Crippen molar-refractivity contribution in [3.05, 3.63) is 76.0 Å². The van der Waals surface area contributed by atoms with Gasteiger partial charge in [-0.15, -0.1) is 11.3 Å². The number of anilines is 1. The van der Waals surface area contributed by atoms with Gasteiger partial charge >= 0.3 is 5.97 Å². The molecule has 29 heavy (non-hydrogen) atoms. The lowest BCUT2D eigenvalue weighted by molar-refractivity contribution is -0.123. The fourth-order valence-corrected chi connectivity index (χ4v) is 3.01. The Labute approximate surface area is 171 Å². The molecule has 1 heterocycles. The summed E-state index contributed by atoms with van der Waals surface area (Å²) >= 11 is 1.55. The molecule has 0 bridgehead atoms. The Morgan fingerprint density at radius 1 is 1.21 bits per heavy atom. The summed E-state index contributed by atoms with van der Waals surface area (Å²) < 4.78 is 24.0. The van der Waals surface area contributed by atoms with Gasteiger partial charge in [0.15, 0.2) is 6.10 Å². The molecule has 3 aromatic rings. The summed E-state index contributed by atoms with van der Waals surface area (Å²) in [6.45, 7) is 3.71. The van der Waals surface area contributed by atoms with Gasteiger partial charge in [0.1, 0.15) is 18.2 Å². The maximum Gasteiger partial charge on any atom is 0.338 e. The van der Waals surface area contributed by atoms with Crippen molar-refractivity contribution in [1.82, 2.24) is 4.98 Å². The first kappa shape index (κ1) is 20.5. The minimum atomic E-state index is -1.05. The van der Waals surface area contributed by atoms with Crippen molar-refractivity contribution in [1.29, 1.82) is 0 Å². The molecule has 3 rings (SSSR count). The lowest BCUT2D eigenvalue weighted by atomic mass is 10.2. The Hall–Kier alpha value is -3.26. The second kappa shape index (κ2) is 9.29. The van der Waals surface area contributed by atoms with Crippen LogP contribution in [0.25, 0.3) is 0 Å². The van der Waals surface area contributed by atoms with Crippen LogP contribution in [0.2, 0.25) is 0 Å². The molecule has 1 aromatic heterocycles. The molecular weight excluding hydrogens is 395 g/mol. The van der Waals surface area contributed by atoms with Crippen LogP contribution in [0.15, 0.2) is 53.9 Å². The van der Waals surface area contributed by atoms with Gasteiger partial charge in [-0.1, -0.05) is 6.07 Å². The number of halogens is 1. The van der Waals surface area contributed by atoms with Crippen LogP contribution in [0.5, 0.6) is 5.75 Å². The van der Waals surface area contributed by atoms with Crippen molar-refractivity contribution in [2.24, 2.45) is 0 Å². The number of esters is 1. The Morgan fingerprint density at radius 2 is 1.97 bits per heavy atom. The number of thiazole rings is 1. The van der Waals surface area contributed by atoms with Crippen molar-refractivity contribution in [2.45, 2.75) is 26.6 Å². The predicted octanol–water partition coefficient (Wildman–Crippen LogP) is 4.35. The minimum Gasteiger partial charge on any atom is -0.487 e. The quantitative estimate of drug-likeness (QED) is 0.582. The number of aryl methyl sites for hydroxylation is 1. The average molecular weight is 414 g/mol. The highest BCUT2D eigenvalue weighted by Gasteiger charge is 2.19. The average Bonchev–Trinajstić information content (AvgIpc) is 3.12. The van der Waals surface area contributed by atoms with Crippen molar-refractivity contribution >= 4 is 28.9 Å². The van der Waals surface area contributed by atoms with Gasteiger partial charge in [0.2, 0.25) is 0 Å². The zero-order chi connectivity index (χ0) is 20.8. The number of amides is 1. The third-order valence-corrected chi connectivity index (χ3v) is 4.71. The van der Waals surface area contributed by atoms with E-state index in [-0.39, 0.29) is 11.3 Å². The van der Waals surface area contributed by atoms with Crippen molar-refractivity contribution < 1.29 is 23.5 Å². The summed E-state index contributed by atoms with van der Waals surface area (Å²) in [4.78, 5) is 28.7. The summed E-state index contributed by atoms with van der Waals surface area (Å²) in [6.07, 6.45) is -1.05. The maximum absolute atomic E-state index is 13.2. The zero-order valence-corrected chi connectivity index (χ0v) is 16.7. The topological polar surface area (TPSA) is 77.5 Å². The lowest BCUT2D eigenvalue weighted by Gasteiger charge is -2.14. The number of hydrogen-bond donors (Lipinski definition) is 1. The monoisotopic (exact) mass is 414 g/mol. The van der Waals surface area contributed by atoms with Crippen LogP contribution in [-0.2, 0) is 16.1 Å². The summed E-state index contributed by atoms with van der Waals surface area (Å²) in [5, 5.41) is 5.40. The van der Waals surface area contributed by atoms with E-state index >= 15 is 0 Å². The van der Waals surface area contributed by atoms with Gasteiger partial charge in [-0.05, 0) is 56.3 Å². The number of ether oxygens (including phenoxy) is 2. The van der Waals surface area contributed by atoms with Gasteiger partial charge in [-0.25, -0.2) is 14.2 Å². The van der Waals surface area contributed by atoms with Gasteiger partial charge in [0, 0.05) is 11.1 Å². The molecule has 0 spiro atoms. The largest absolute Gasteiger partial charge is 0.487 e. The highest BCUT2D eigenvalue weighted by Crippen LogP contribution is 2.17. The molecule has 0 saturated heterocycles. The number of aromatic nitrogens is 1. The Balaban J connectivity index is 1.52. The summed E-state index contributed by atoms with van der Waals surface area (Å²) in [5.74, 6) is -1.08. The van der Waals surface area contributed by atoms with E-state index in [1.807, 2.05) is 12.3 Å². The molecule has 8 heteroatoms. The van der Waals surface area contributed by atoms with E-state index < -0.39 is 23.8 Å². The van der Waals surface area contributed by atoms with E-state index in [1.54, 1.807) is 41.7 Å². The molecule has 0 saturated carbocycles. The summed E-state index contributed by atoms with van der Waals surface area (Å²) in [5.41, 5.74) is 1.41. The Bertz CT molecular complexity index is 1000. The van der Waals surface area contributed by atoms with Crippen LogP contribution in [0.4, 0.5) is 10.1 Å². The van der Waals surface area contributed by atoms with Gasteiger partial charge < -0.3 is 14.8 Å². The molecule has 0 aliphatic rings. The number of nitrogens with one attached hydrogen (secondary N) is 1. The third-order valence-electron chi connectivity index (χ3n) is 3.89. The van der Waals surface area contributed by atoms with E-state index in [0.717, 1.165) is 10.7 Å². The maximum atomic E-state index is 13.2. The number of carbonyl (C=O) groups excluding carboxylic acids is 2. The van der Waals surface area contributed by atoms with Gasteiger partial charge in [0.25, 0.3) is 5.91 Å². The number of nitrogens with zero attached hydrogens (tertiary/aromatic N) is 1. The van der Waals surface area contributed by atoms with E-state index in [1.165, 1.54) is 25.1 Å². The molecule has 0 aliphatic heterocycles. The molecule has 150 valence electrons. The smallest absolute Gasteiger partial charge is 0.338 e. The number of rotatable bonds is 7. The summed E-state index contributed by atoms with van der Waals surface area (Å²) in [7, 11) is 0. The van der Waals surface area contributed by atoms with Crippen molar-refractivity contribution in [2.75, 3.05) is 5.32 Å². The summed E-state index contributed by atoms with van der Waals surface area (Å²) in [6, 6.07) is 11.9. The van der Waals surface area contributed by atoms with Crippen LogP contribution in [0.3, 0.4) is 0 Å². The second-order valence-corrected chi connectivity index (χ2v) is 7.28. The molecule has 0 fully saturated rings. The van der Waals surface area contributed by atoms with E-state index in [4.69, 9.17) is 9.47 Å². The first-order chi connectivity index (χ1) is 13.9. The highest BCUT2D eigenvalue weighted by molar-refractivity contribution is 7.09. The Kier molecular flexibility index (Phi) is 6.56. The van der Waals surface area contributed by atoms with Gasteiger partial charge in [0.05, 0.1) is 16.3 Å². The molecule has 0 unspecified atom stereocenters. The fourth-order valence-electron chi connectivity index (χ4n) is 2.41. The van der Waals surface area contributed by atoms with Crippen LogP contribution in [-0.4, -0.2) is 23.0 Å². The normalized spacial score (nSPS) is 11.6. The third kappa shape index (κ3) is 5.86. The lowest BCUT2D eigenvalue weighted by Crippen LogP contribution is -2.30. The second-order valence-electron chi connectivity index (χ2n) is 6.22. The van der Waals surface area contributed by atoms with Crippen molar-refractivity contribution in [3.8, 4) is 5.75 Å². The molecular formula is C21H19FN2O4S. The number of benzene rings is 2. The van der Waals surface area contributed by atoms with Crippen LogP contribution in [0, 0.1) is 12.7 Å². The fraction of sp³-hybridized carbons (Fsp3) is 0.190. The van der Waals surface area contributed by atoms with Crippen LogP contribution >= 0.6 is 11.3 Å². The Morgan fingerprint density at radius 3 is 2.62 bits per heavy atom. The highest BCUT2D eigenvalue weighted by atomic mass is 32.1. The van der Waals surface area contributed by atoms with Crippen molar-refractivity contribution in [3.63, 3.8) is 0 Å². The number of carbonyl (C=O) groups is 2. The predicted molar refractivity (Wildman–Crippen MR) is 108 cm³/mol. The zero-order valence-electron chi connectivity index (χ0n) is 15.8. The van der Waals surface area contributed by atoms with E-state index in [2.05, 4.69) is 10.3 Å². The molecule has 2 aromatic carbocycles. The van der Waals surface area contributed by atoms with Gasteiger partial charge in [-0.2, -0.15) is 0 Å². The van der Waals surface area contributed by atoms with E-state index in [9.17, 15) is 14.0 Å². The standard InChI is InChI=1S/C21H19FN2O4S/c1-13(20(25)24-17-5-3-4-16(22)10-17)28-21(26)15-6-8-19(9-7-15)27-11-18-12-29-14(2)23-18/h3-10,12-13H,11H2,1-2H3,(H,24,25)/t13-/m1/s1. The first-order valence-electron chi connectivity index (χ1n) is 8.82. The molecule has 1 atom stereocenters. The molecule has 1 amide bonds. The molecule has 0 aliphatic carbocycles. The minimum absolute atomic E-state index is 0.284. The van der Waals surface area contributed by atoms with Crippen LogP contribution in [0.1, 0.15) is 28.0 Å². The molecule has 0 radical (unpaired) electrons. The van der Waals surface area contributed by atoms with E-state index in [0.29, 0.717) is 12.4 Å². The van der Waals surface area contributed by atoms with Crippen LogP contribution < -0.4 is 10.1 Å². The molecule has 1 N–H and O–H groups in total. The van der Waals surface area contributed by atoms with Gasteiger partial charge in [-0.3, -0.25) is 4.79 Å². The molecule has 6 nitrogen and oxygen atoms in total.